The van der Waals surface area contributed by atoms with Crippen LogP contribution in [0, 0.1) is 5.82 Å². The molecule has 1 aromatic carbocycles. The second kappa shape index (κ2) is 6.35. The van der Waals surface area contributed by atoms with Gasteiger partial charge in [-0.2, -0.15) is 16.1 Å². The van der Waals surface area contributed by atoms with Gasteiger partial charge in [-0.15, -0.1) is 11.6 Å². The third-order valence-electron chi connectivity index (χ3n) is 3.23. The van der Waals surface area contributed by atoms with E-state index in [1.165, 1.54) is 16.4 Å². The maximum absolute atomic E-state index is 14.4. The van der Waals surface area contributed by atoms with Gasteiger partial charge in [-0.1, -0.05) is 15.9 Å². The van der Waals surface area contributed by atoms with Crippen LogP contribution in [0.25, 0.3) is 0 Å². The molecule has 0 unspecified atom stereocenters. The van der Waals surface area contributed by atoms with E-state index >= 15 is 0 Å². The number of sulfonamides is 1. The Labute approximate surface area is 142 Å². The molecule has 0 amide bonds. The van der Waals surface area contributed by atoms with Crippen molar-refractivity contribution < 1.29 is 12.8 Å². The van der Waals surface area contributed by atoms with Gasteiger partial charge >= 0.3 is 0 Å². The standard InChI is InChI=1S/C13H16BrClFNO2S2/c1-13(2)8-17(3-4-20-13)21(18,19)11-6-10(14)5-9(7-15)12(11)16/h5-6H,3-4,7-8H2,1-2H3. The maximum atomic E-state index is 14.4. The molecule has 1 heterocycles. The summed E-state index contributed by atoms with van der Waals surface area (Å²) in [5.41, 5.74) is 0.176. The normalized spacial score (nSPS) is 19.7. The molecule has 0 atom stereocenters. The van der Waals surface area contributed by atoms with E-state index in [0.717, 1.165) is 0 Å². The van der Waals surface area contributed by atoms with Gasteiger partial charge in [0.1, 0.15) is 10.7 Å². The van der Waals surface area contributed by atoms with Gasteiger partial charge in [0.25, 0.3) is 0 Å². The molecule has 0 bridgehead atoms. The molecule has 1 aliphatic rings. The smallest absolute Gasteiger partial charge is 0.207 e. The highest BCUT2D eigenvalue weighted by Crippen LogP contribution is 2.34. The van der Waals surface area contributed by atoms with Crippen molar-refractivity contribution in [2.45, 2.75) is 29.4 Å². The molecule has 0 aromatic heterocycles. The van der Waals surface area contributed by atoms with Gasteiger partial charge in [0.15, 0.2) is 0 Å². The summed E-state index contributed by atoms with van der Waals surface area (Å²) < 4.78 is 41.5. The molecule has 0 saturated carbocycles. The fourth-order valence-electron chi connectivity index (χ4n) is 2.22. The van der Waals surface area contributed by atoms with Crippen molar-refractivity contribution in [2.24, 2.45) is 0 Å². The molecular formula is C13H16BrClFNO2S2. The maximum Gasteiger partial charge on any atom is 0.246 e. The fraction of sp³-hybridized carbons (Fsp3) is 0.538. The zero-order valence-electron chi connectivity index (χ0n) is 11.7. The lowest BCUT2D eigenvalue weighted by Crippen LogP contribution is -2.46. The van der Waals surface area contributed by atoms with Crippen molar-refractivity contribution in [3.8, 4) is 0 Å². The minimum Gasteiger partial charge on any atom is -0.207 e. The van der Waals surface area contributed by atoms with Crippen molar-refractivity contribution in [2.75, 3.05) is 18.8 Å². The van der Waals surface area contributed by atoms with E-state index in [0.29, 0.717) is 23.3 Å². The number of alkyl halides is 1. The van der Waals surface area contributed by atoms with Gasteiger partial charge in [0, 0.05) is 33.6 Å². The summed E-state index contributed by atoms with van der Waals surface area (Å²) in [4.78, 5) is -0.310. The molecule has 21 heavy (non-hydrogen) atoms. The first-order chi connectivity index (χ1) is 9.67. The summed E-state index contributed by atoms with van der Waals surface area (Å²) in [7, 11) is -3.86. The lowest BCUT2D eigenvalue weighted by Gasteiger charge is -2.36. The average Bonchev–Trinajstić information content (AvgIpc) is 2.39. The van der Waals surface area contributed by atoms with Gasteiger partial charge in [-0.25, -0.2) is 12.8 Å². The summed E-state index contributed by atoms with van der Waals surface area (Å²) in [5, 5.41) is 0. The van der Waals surface area contributed by atoms with E-state index in [1.807, 2.05) is 13.8 Å². The van der Waals surface area contributed by atoms with Crippen LogP contribution in [0.4, 0.5) is 4.39 Å². The van der Waals surface area contributed by atoms with Crippen LogP contribution >= 0.6 is 39.3 Å². The van der Waals surface area contributed by atoms with Crippen LogP contribution in [0.5, 0.6) is 0 Å². The Balaban J connectivity index is 2.47. The Kier molecular flexibility index (Phi) is 5.31. The van der Waals surface area contributed by atoms with E-state index < -0.39 is 15.8 Å². The first-order valence-corrected chi connectivity index (χ1v) is 10.1. The highest BCUT2D eigenvalue weighted by Gasteiger charge is 2.36. The summed E-state index contributed by atoms with van der Waals surface area (Å²) in [6.45, 7) is 4.72. The number of nitrogens with zero attached hydrogens (tertiary/aromatic N) is 1. The molecule has 3 nitrogen and oxygen atoms in total. The highest BCUT2D eigenvalue weighted by atomic mass is 79.9. The fourth-order valence-corrected chi connectivity index (χ4v) is 6.12. The molecule has 0 radical (unpaired) electrons. The van der Waals surface area contributed by atoms with Gasteiger partial charge in [-0.05, 0) is 26.0 Å². The van der Waals surface area contributed by atoms with Crippen molar-refractivity contribution in [3.63, 3.8) is 0 Å². The Bertz CT molecular complexity index is 652. The Hall–Kier alpha value is 0.180. The van der Waals surface area contributed by atoms with Crippen molar-refractivity contribution >= 4 is 49.3 Å². The SMILES string of the molecule is CC1(C)CN(S(=O)(=O)c2cc(Br)cc(CCl)c2F)CCS1. The van der Waals surface area contributed by atoms with Gasteiger partial charge in [0.2, 0.25) is 10.0 Å². The van der Waals surface area contributed by atoms with Crippen LogP contribution in [0.1, 0.15) is 19.4 Å². The van der Waals surface area contributed by atoms with Crippen LogP contribution in [0.2, 0.25) is 0 Å². The predicted octanol–water partition coefficient (Wildman–Crippen LogP) is 3.84. The van der Waals surface area contributed by atoms with Crippen LogP contribution in [0.3, 0.4) is 0 Å². The number of hydrogen-bond acceptors (Lipinski definition) is 3. The molecule has 1 saturated heterocycles. The molecule has 1 aromatic rings. The van der Waals surface area contributed by atoms with E-state index in [-0.39, 0.29) is 21.1 Å². The van der Waals surface area contributed by atoms with Gasteiger partial charge in [-0.3, -0.25) is 0 Å². The predicted molar refractivity (Wildman–Crippen MR) is 89.0 cm³/mol. The van der Waals surface area contributed by atoms with Crippen LogP contribution in [0.15, 0.2) is 21.5 Å². The number of thioether (sulfide) groups is 1. The molecule has 118 valence electrons. The lowest BCUT2D eigenvalue weighted by molar-refractivity contribution is 0.384. The summed E-state index contributed by atoms with van der Waals surface area (Å²) >= 11 is 10.6. The number of hydrogen-bond donors (Lipinski definition) is 0. The largest absolute Gasteiger partial charge is 0.246 e. The summed E-state index contributed by atoms with van der Waals surface area (Å²) in [5.74, 6) is -0.136. The highest BCUT2D eigenvalue weighted by molar-refractivity contribution is 9.10. The zero-order valence-corrected chi connectivity index (χ0v) is 15.7. The van der Waals surface area contributed by atoms with Crippen LogP contribution < -0.4 is 0 Å². The second-order valence-corrected chi connectivity index (χ2v) is 10.3. The quantitative estimate of drug-likeness (QED) is 0.703. The topological polar surface area (TPSA) is 37.4 Å². The number of benzene rings is 1. The second-order valence-electron chi connectivity index (χ2n) is 5.46. The third kappa shape index (κ3) is 3.75. The lowest BCUT2D eigenvalue weighted by atomic mass is 10.2. The molecule has 0 spiro atoms. The number of rotatable bonds is 3. The molecule has 1 aliphatic heterocycles. The molecule has 0 aliphatic carbocycles. The van der Waals surface area contributed by atoms with Crippen molar-refractivity contribution in [3.05, 3.63) is 28.0 Å². The first kappa shape index (κ1) is 17.5. The van der Waals surface area contributed by atoms with Gasteiger partial charge in [0.05, 0.1) is 5.88 Å². The van der Waals surface area contributed by atoms with E-state index in [9.17, 15) is 12.8 Å². The van der Waals surface area contributed by atoms with Crippen molar-refractivity contribution in [1.29, 1.82) is 0 Å². The molecule has 1 fully saturated rings. The summed E-state index contributed by atoms with van der Waals surface area (Å²) in [6.07, 6.45) is 0. The van der Waals surface area contributed by atoms with Crippen molar-refractivity contribution in [1.82, 2.24) is 4.31 Å². The summed E-state index contributed by atoms with van der Waals surface area (Å²) in [6, 6.07) is 2.80. The Morgan fingerprint density at radius 2 is 2.14 bits per heavy atom. The molecule has 2 rings (SSSR count). The molecular weight excluding hydrogens is 401 g/mol. The number of halogens is 3. The Morgan fingerprint density at radius 3 is 2.71 bits per heavy atom. The van der Waals surface area contributed by atoms with Crippen LogP contribution in [-0.4, -0.2) is 36.3 Å². The van der Waals surface area contributed by atoms with E-state index in [4.69, 9.17) is 11.6 Å². The molecule has 0 N–H and O–H groups in total. The van der Waals surface area contributed by atoms with Gasteiger partial charge < -0.3 is 0 Å². The average molecular weight is 417 g/mol. The third-order valence-corrected chi connectivity index (χ3v) is 7.12. The minimum atomic E-state index is -3.86. The molecule has 8 heteroatoms. The Morgan fingerprint density at radius 1 is 1.48 bits per heavy atom. The van der Waals surface area contributed by atoms with E-state index in [1.54, 1.807) is 11.8 Å². The first-order valence-electron chi connectivity index (χ1n) is 6.35. The van der Waals surface area contributed by atoms with E-state index in [2.05, 4.69) is 15.9 Å². The monoisotopic (exact) mass is 415 g/mol. The zero-order chi connectivity index (χ0) is 15.8. The minimum absolute atomic E-state index is 0.0743. The van der Waals surface area contributed by atoms with Crippen LogP contribution in [-0.2, 0) is 15.9 Å².